The molecule has 23 heavy (non-hydrogen) atoms. The molecule has 0 saturated heterocycles. The van der Waals surface area contributed by atoms with E-state index < -0.39 is 16.1 Å². The lowest BCUT2D eigenvalue weighted by Crippen LogP contribution is -1.97. The zero-order chi connectivity index (χ0) is 17.5. The number of rotatable bonds is 5. The van der Waals surface area contributed by atoms with Gasteiger partial charge in [0, 0.05) is 12.5 Å². The van der Waals surface area contributed by atoms with Crippen molar-refractivity contribution in [1.82, 2.24) is 5.16 Å². The van der Waals surface area contributed by atoms with Crippen molar-refractivity contribution in [3.63, 3.8) is 0 Å². The smallest absolute Gasteiger partial charge is 0.303 e. The molecular weight excluding hydrogens is 324 g/mol. The van der Waals surface area contributed by atoms with Crippen molar-refractivity contribution in [2.24, 2.45) is 5.73 Å². The number of hydrogen-bond acceptors (Lipinski definition) is 6. The first-order valence-electron chi connectivity index (χ1n) is 6.63. The highest BCUT2D eigenvalue weighted by Crippen LogP contribution is 2.08. The van der Waals surface area contributed by atoms with Gasteiger partial charge in [0.25, 0.3) is 10.1 Å². The van der Waals surface area contributed by atoms with E-state index in [9.17, 15) is 13.2 Å². The summed E-state index contributed by atoms with van der Waals surface area (Å²) < 4.78 is 34.3. The number of aryl methyl sites for hydroxylation is 2. The van der Waals surface area contributed by atoms with Gasteiger partial charge in [0.15, 0.2) is 5.76 Å². The van der Waals surface area contributed by atoms with Crippen molar-refractivity contribution in [1.29, 1.82) is 0 Å². The Labute approximate surface area is 133 Å². The van der Waals surface area contributed by atoms with Crippen LogP contribution < -0.4 is 5.73 Å². The number of nitrogens with zero attached hydrogens (tertiary/aromatic N) is 1. The Morgan fingerprint density at radius 2 is 1.91 bits per heavy atom. The third-order valence-corrected chi connectivity index (χ3v) is 3.59. The van der Waals surface area contributed by atoms with Crippen LogP contribution in [0.2, 0.25) is 0 Å². The molecule has 0 spiro atoms. The summed E-state index contributed by atoms with van der Waals surface area (Å²) >= 11 is 0. The normalized spacial score (nSPS) is 10.7. The van der Waals surface area contributed by atoms with Crippen LogP contribution in [0.25, 0.3) is 0 Å². The molecule has 2 rings (SSSR count). The predicted molar refractivity (Wildman–Crippen MR) is 81.3 cm³/mol. The van der Waals surface area contributed by atoms with Crippen molar-refractivity contribution in [2.45, 2.75) is 31.2 Å². The first-order chi connectivity index (χ1) is 10.7. The first-order valence-corrected chi connectivity index (χ1v) is 8.07. The molecule has 0 bridgehead atoms. The topological polar surface area (TPSA) is 144 Å². The van der Waals surface area contributed by atoms with Gasteiger partial charge >= 0.3 is 5.97 Å². The number of benzene rings is 1. The maximum absolute atomic E-state index is 10.5. The van der Waals surface area contributed by atoms with Crippen molar-refractivity contribution in [2.75, 3.05) is 0 Å². The van der Waals surface area contributed by atoms with Crippen LogP contribution in [0.3, 0.4) is 0 Å². The molecule has 0 fully saturated rings. The predicted octanol–water partition coefficient (Wildman–Crippen LogP) is 1.39. The minimum atomic E-state index is -4.02. The lowest BCUT2D eigenvalue weighted by Gasteiger charge is -1.95. The number of carbonyl (C=O) groups is 1. The van der Waals surface area contributed by atoms with E-state index in [4.69, 9.17) is 19.9 Å². The Hall–Kier alpha value is -2.23. The van der Waals surface area contributed by atoms with Crippen LogP contribution in [0.15, 0.2) is 39.8 Å². The van der Waals surface area contributed by atoms with Gasteiger partial charge in [0.05, 0.1) is 23.6 Å². The molecule has 0 saturated carbocycles. The fourth-order valence-electron chi connectivity index (χ4n) is 1.52. The molecular formula is C14H18N2O6S. The van der Waals surface area contributed by atoms with Crippen molar-refractivity contribution in [3.8, 4) is 0 Å². The van der Waals surface area contributed by atoms with Gasteiger partial charge in [-0.05, 0) is 19.1 Å². The van der Waals surface area contributed by atoms with Crippen molar-refractivity contribution < 1.29 is 27.4 Å². The molecule has 0 atom stereocenters. The third kappa shape index (κ3) is 7.04. The monoisotopic (exact) mass is 342 g/mol. The molecule has 9 heteroatoms. The molecule has 0 unspecified atom stereocenters. The quantitative estimate of drug-likeness (QED) is 0.691. The summed E-state index contributed by atoms with van der Waals surface area (Å²) in [6, 6.07) is 7.66. The number of aliphatic carboxylic acids is 1. The first kappa shape index (κ1) is 18.8. The van der Waals surface area contributed by atoms with Crippen LogP contribution in [0.5, 0.6) is 0 Å². The largest absolute Gasteiger partial charge is 0.481 e. The van der Waals surface area contributed by atoms with Crippen LogP contribution in [0.1, 0.15) is 23.4 Å². The zero-order valence-corrected chi connectivity index (χ0v) is 13.3. The van der Waals surface area contributed by atoms with Gasteiger partial charge in [0.1, 0.15) is 0 Å². The van der Waals surface area contributed by atoms with E-state index in [1.807, 2.05) is 6.92 Å². The van der Waals surface area contributed by atoms with Crippen LogP contribution >= 0.6 is 0 Å². The molecule has 1 heterocycles. The van der Waals surface area contributed by atoms with E-state index in [1.165, 1.54) is 12.1 Å². The summed E-state index contributed by atoms with van der Waals surface area (Å²) in [5.74, 6) is -0.261. The number of carboxylic acid groups (broad SMARTS) is 1. The zero-order valence-electron chi connectivity index (χ0n) is 12.5. The van der Waals surface area contributed by atoms with Gasteiger partial charge in [-0.1, -0.05) is 22.9 Å². The summed E-state index contributed by atoms with van der Waals surface area (Å²) in [5.41, 5.74) is 6.86. The standard InChI is InChI=1S/C7H10N2O3.C7H8O3S/c8-4-6-3-5(9-12-6)1-2-7(10)11;1-6-2-4-7(5-3-6)11(8,9)10/h3H,1-2,4,8H2,(H,10,11);2-5H,1H3,(H,8,9,10). The summed E-state index contributed by atoms with van der Waals surface area (Å²) in [4.78, 5) is 10.1. The van der Waals surface area contributed by atoms with E-state index in [0.717, 1.165) is 5.56 Å². The molecule has 8 nitrogen and oxygen atoms in total. The maximum Gasteiger partial charge on any atom is 0.303 e. The van der Waals surface area contributed by atoms with E-state index in [2.05, 4.69) is 5.16 Å². The number of hydrogen-bond donors (Lipinski definition) is 3. The minimum absolute atomic E-state index is 0.0660. The molecule has 1 aromatic heterocycles. The molecule has 0 aliphatic rings. The fourth-order valence-corrected chi connectivity index (χ4v) is 2.00. The number of nitrogens with two attached hydrogens (primary N) is 1. The number of carboxylic acids is 1. The van der Waals surface area contributed by atoms with E-state index in [0.29, 0.717) is 24.4 Å². The molecule has 0 amide bonds. The lowest BCUT2D eigenvalue weighted by atomic mass is 10.2. The van der Waals surface area contributed by atoms with E-state index in [-0.39, 0.29) is 11.3 Å². The number of aromatic nitrogens is 1. The van der Waals surface area contributed by atoms with Gasteiger partial charge in [-0.15, -0.1) is 0 Å². The Bertz CT molecular complexity index is 737. The average molecular weight is 342 g/mol. The van der Waals surface area contributed by atoms with Crippen LogP contribution in [-0.2, 0) is 27.9 Å². The maximum atomic E-state index is 10.5. The second-order valence-corrected chi connectivity index (χ2v) is 6.09. The van der Waals surface area contributed by atoms with Gasteiger partial charge in [-0.2, -0.15) is 8.42 Å². The Morgan fingerprint density at radius 3 is 2.35 bits per heavy atom. The van der Waals surface area contributed by atoms with Crippen LogP contribution in [0.4, 0.5) is 0 Å². The molecule has 0 aliphatic carbocycles. The third-order valence-electron chi connectivity index (χ3n) is 2.72. The minimum Gasteiger partial charge on any atom is -0.481 e. The van der Waals surface area contributed by atoms with Crippen LogP contribution in [0, 0.1) is 6.92 Å². The molecule has 1 aromatic carbocycles. The molecule has 0 radical (unpaired) electrons. The lowest BCUT2D eigenvalue weighted by molar-refractivity contribution is -0.136. The fraction of sp³-hybridized carbons (Fsp3) is 0.286. The molecule has 126 valence electrons. The Morgan fingerprint density at radius 1 is 1.30 bits per heavy atom. The van der Waals surface area contributed by atoms with Gasteiger partial charge in [-0.25, -0.2) is 0 Å². The van der Waals surface area contributed by atoms with Crippen molar-refractivity contribution in [3.05, 3.63) is 47.3 Å². The average Bonchev–Trinajstić information content (AvgIpc) is 2.93. The Balaban J connectivity index is 0.000000231. The summed E-state index contributed by atoms with van der Waals surface area (Å²) in [6.45, 7) is 2.13. The second-order valence-electron chi connectivity index (χ2n) is 4.67. The Kier molecular flexibility index (Phi) is 6.89. The molecule has 0 aliphatic heterocycles. The summed E-state index contributed by atoms with van der Waals surface area (Å²) in [5, 5.41) is 12.0. The molecule has 2 aromatic rings. The second kappa shape index (κ2) is 8.42. The van der Waals surface area contributed by atoms with E-state index in [1.54, 1.807) is 18.2 Å². The van der Waals surface area contributed by atoms with Crippen LogP contribution in [-0.4, -0.2) is 29.2 Å². The highest BCUT2D eigenvalue weighted by Gasteiger charge is 2.07. The van der Waals surface area contributed by atoms with Crippen molar-refractivity contribution >= 4 is 16.1 Å². The van der Waals surface area contributed by atoms with Gasteiger partial charge in [-0.3, -0.25) is 9.35 Å². The molecule has 4 N–H and O–H groups in total. The SMILES string of the molecule is Cc1ccc(S(=O)(=O)O)cc1.NCc1cc(CCC(=O)O)no1. The van der Waals surface area contributed by atoms with Gasteiger partial charge in [0.2, 0.25) is 0 Å². The highest BCUT2D eigenvalue weighted by atomic mass is 32.2. The summed E-state index contributed by atoms with van der Waals surface area (Å²) in [6.07, 6.45) is 0.454. The summed E-state index contributed by atoms with van der Waals surface area (Å²) in [7, 11) is -4.02. The van der Waals surface area contributed by atoms with E-state index >= 15 is 0 Å². The van der Waals surface area contributed by atoms with Gasteiger partial charge < -0.3 is 15.4 Å². The highest BCUT2D eigenvalue weighted by molar-refractivity contribution is 7.85.